The molecule has 4 aromatic heterocycles. The minimum absolute atomic E-state index is 0.0595. The first kappa shape index (κ1) is 102. The fourth-order valence-electron chi connectivity index (χ4n) is 17.7. The molecule has 8 aromatic rings. The number of sulfonamides is 4. The quantitative estimate of drug-likeness (QED) is 0.0257. The highest BCUT2D eigenvalue weighted by molar-refractivity contribution is 7.90. The van der Waals surface area contributed by atoms with Crippen LogP contribution in [0.4, 0.5) is 30.7 Å². The fourth-order valence-corrected chi connectivity index (χ4v) is 26.9. The van der Waals surface area contributed by atoms with Gasteiger partial charge in [-0.15, -0.1) is 45.3 Å². The Morgan fingerprint density at radius 3 is 1.02 bits per heavy atom. The van der Waals surface area contributed by atoms with Crippen molar-refractivity contribution in [3.63, 3.8) is 0 Å². The van der Waals surface area contributed by atoms with Crippen LogP contribution in [0.25, 0.3) is 0 Å². The zero-order valence-electron chi connectivity index (χ0n) is 73.6. The Bertz CT molecular complexity index is 6840. The van der Waals surface area contributed by atoms with Crippen molar-refractivity contribution < 1.29 is 107 Å². The summed E-state index contributed by atoms with van der Waals surface area (Å²) >= 11 is 30.8. The number of halogens is 11. The fraction of sp³-hybridized carbons (Fsp3) is 0.402. The molecule has 1 saturated carbocycles. The molecular weight excluding hydrogens is 2070 g/mol. The second-order valence-corrected chi connectivity index (χ2v) is 45.7. The minimum Gasteiger partial charge on any atom is -0.463 e. The number of aromatic nitrogens is 4. The molecule has 0 unspecified atom stereocenters. The van der Waals surface area contributed by atoms with E-state index in [0.29, 0.717) is 114 Å². The Labute approximate surface area is 829 Å². The van der Waals surface area contributed by atoms with Crippen LogP contribution >= 0.6 is 91.8 Å². The molecule has 0 radical (unpaired) electrons. The maximum absolute atomic E-state index is 13.8. The van der Waals surface area contributed by atoms with Crippen molar-refractivity contribution in [3.05, 3.63) is 250 Å². The molecule has 11 aliphatic rings. The molecule has 139 heavy (non-hydrogen) atoms. The number of aliphatic imine (C=N–C) groups is 4. The third kappa shape index (κ3) is 22.0. The maximum atomic E-state index is 13.8. The third-order valence-electron chi connectivity index (χ3n) is 23.8. The lowest BCUT2D eigenvalue weighted by molar-refractivity contribution is -0.140. The van der Waals surface area contributed by atoms with Gasteiger partial charge in [-0.25, -0.2) is 118 Å². The van der Waals surface area contributed by atoms with Gasteiger partial charge >= 0.3 is 23.9 Å². The van der Waals surface area contributed by atoms with Crippen LogP contribution in [-0.2, 0) is 83.0 Å². The number of carbonyl (C=O) groups is 4. The molecule has 1 aliphatic carbocycles. The van der Waals surface area contributed by atoms with Crippen LogP contribution in [0.5, 0.6) is 0 Å². The standard InChI is InChI=1S/C23H22ClF3N4O4S2.C22H22ClFN4O5S2.C22H22ClFN4O4S2.C20H19ClF2N4O4S2/c1-2-35-22(32)18-17-8-13(30-37(33,34)14-9-23(26,27)10-14)11-31(17)20(21-28-5-6-36-21)29-19(18)15-4-3-12(25)7-16(15)24;1-2-33-22(29)18-17-8-13(27-35(30,31)14-10-32-11-14)9-28(17)20(21-25-5-6-34-21)26-19(18)15-4-3-12(24)7-16(15)23;1-2-32-22(29)18-17-11-14(28-7-3-9-34(28,30)31)12-27(17)20(21-25-6-8-33-21)26-19(18)15-5-4-13(24)10-16(15)23;1-2-31-20(28)16-15-8-12(26-33(29,30)10-22)9-27(15)18(19-24-5-6-32-19)25-17(16)13-4-3-11(23)7-14(13)21/h3-7,13-14,19,30H,2,8-11H2,1H3;3-7,13-14,19,27H,2,8-11H2,1H3;4-6,8,10,14,19H,2-3,7,9,11-12H2,1H3;3-7,12,17,26H,2,8-10H2,1H3/t2*13-,19-;14-,19-;12-,17-/m0000/s1. The molecule has 14 heterocycles. The van der Waals surface area contributed by atoms with E-state index in [2.05, 4.69) is 34.1 Å². The topological polar surface area (TPSA) is 404 Å². The summed E-state index contributed by atoms with van der Waals surface area (Å²) in [6.07, 6.45) is 6.32. The normalized spacial score (nSPS) is 22.8. The van der Waals surface area contributed by atoms with E-state index >= 15 is 0 Å². The summed E-state index contributed by atoms with van der Waals surface area (Å²) in [6, 6.07) is 7.99. The first-order valence-electron chi connectivity index (χ1n) is 43.3. The molecule has 7 fully saturated rings. The average molecular weight is 2160 g/mol. The number of nitrogens with one attached hydrogen (secondary N) is 3. The zero-order chi connectivity index (χ0) is 99.1. The monoisotopic (exact) mass is 2150 g/mol. The average Bonchev–Trinajstić information content (AvgIpc) is 1.58. The molecule has 3 N–H and O–H groups in total. The number of amidine groups is 4. The number of ether oxygens (including phenoxy) is 5. The van der Waals surface area contributed by atoms with Crippen LogP contribution in [0.2, 0.25) is 20.1 Å². The minimum atomic E-state index is -4.14. The third-order valence-corrected chi connectivity index (χ3v) is 34.8. The lowest BCUT2D eigenvalue weighted by atomic mass is 9.94. The zero-order valence-corrected chi connectivity index (χ0v) is 83.2. The van der Waals surface area contributed by atoms with Gasteiger partial charge in [0.1, 0.15) is 52.7 Å². The Morgan fingerprint density at radius 1 is 0.460 bits per heavy atom. The predicted molar refractivity (Wildman–Crippen MR) is 506 cm³/mol. The number of carbonyl (C=O) groups excluding carboxylic acids is 4. The second-order valence-electron chi connectivity index (χ2n) is 32.8. The van der Waals surface area contributed by atoms with Gasteiger partial charge in [-0.2, -0.15) is 4.31 Å². The largest absolute Gasteiger partial charge is 0.463 e. The SMILES string of the molecule is CCOC(=O)C1=C2C[C@H](N3CCCS3(=O)=O)CN2C(c2nccs2)=N[C@H]1c1ccc(F)cc1Cl.CCOC(=O)C1=C2C[C@H](NS(=O)(=O)C3CC(F)(F)C3)CN2C(c2nccs2)=N[C@H]1c1ccc(F)cc1Cl.CCOC(=O)C1=C2C[C@H](NS(=O)(=O)C3COC3)CN2C(c2nccs2)=N[C@H]1c1ccc(F)cc1Cl.CCOC(=O)C1=C2C[C@H](NS(=O)(=O)CF)CN2C(c2nccs2)=N[C@H]1c1ccc(F)cc1Cl. The number of nitrogens with zero attached hydrogens (tertiary/aromatic N) is 13. The summed E-state index contributed by atoms with van der Waals surface area (Å²) in [5, 5.41) is 8.01. The predicted octanol–water partition coefficient (Wildman–Crippen LogP) is 13.2. The van der Waals surface area contributed by atoms with Gasteiger partial charge in [0.2, 0.25) is 46.1 Å². The summed E-state index contributed by atoms with van der Waals surface area (Å²) in [6.45, 7) is 8.74. The van der Waals surface area contributed by atoms with E-state index in [1.165, 1.54) is 110 Å². The van der Waals surface area contributed by atoms with Crippen LogP contribution in [-0.4, -0.2) is 249 Å². The molecule has 8 atom stereocenters. The van der Waals surface area contributed by atoms with E-state index in [1.807, 2.05) is 15.2 Å². The van der Waals surface area contributed by atoms with Gasteiger partial charge in [-0.3, -0.25) is 20.0 Å². The van der Waals surface area contributed by atoms with Crippen molar-refractivity contribution in [1.29, 1.82) is 0 Å². The van der Waals surface area contributed by atoms with Crippen LogP contribution < -0.4 is 14.2 Å². The van der Waals surface area contributed by atoms with Crippen molar-refractivity contribution in [1.82, 2.24) is 58.0 Å². The van der Waals surface area contributed by atoms with E-state index in [1.54, 1.807) is 78.4 Å². The Hall–Kier alpha value is -9.61. The second kappa shape index (κ2) is 42.5. The number of fused-ring (bicyclic) bond motifs is 4. The molecule has 6 saturated heterocycles. The smallest absolute Gasteiger partial charge is 0.338 e. The highest BCUT2D eigenvalue weighted by Gasteiger charge is 2.55. The number of hydrogen-bond acceptors (Lipinski definition) is 33. The summed E-state index contributed by atoms with van der Waals surface area (Å²) in [4.78, 5) is 96.3. The van der Waals surface area contributed by atoms with Gasteiger partial charge in [0.05, 0.1) is 72.9 Å². The molecule has 52 heteroatoms. The molecule has 0 amide bonds. The number of esters is 4. The molecular formula is C87H85Cl4F7N16O17S8. The maximum Gasteiger partial charge on any atom is 0.338 e. The number of thiazole rings is 4. The highest BCUT2D eigenvalue weighted by atomic mass is 35.5. The van der Waals surface area contributed by atoms with Gasteiger partial charge in [0, 0.05) is 207 Å². The van der Waals surface area contributed by atoms with Crippen LogP contribution in [0.3, 0.4) is 0 Å². The molecule has 19 rings (SSSR count). The number of hydrogen-bond donors (Lipinski definition) is 3. The van der Waals surface area contributed by atoms with Crippen molar-refractivity contribution in [2.75, 3.05) is 84.1 Å². The molecule has 740 valence electrons. The molecule has 4 aromatic carbocycles. The van der Waals surface area contributed by atoms with Crippen molar-refractivity contribution in [3.8, 4) is 0 Å². The lowest BCUT2D eigenvalue weighted by Crippen LogP contribution is -2.51. The van der Waals surface area contributed by atoms with Gasteiger partial charge in [0.15, 0.2) is 43.4 Å². The van der Waals surface area contributed by atoms with E-state index < -0.39 is 165 Å². The van der Waals surface area contributed by atoms with Gasteiger partial charge in [-0.05, 0) is 82.6 Å². The van der Waals surface area contributed by atoms with E-state index in [9.17, 15) is 83.6 Å². The Kier molecular flexibility index (Phi) is 31.3. The summed E-state index contributed by atoms with van der Waals surface area (Å²) in [7, 11) is -15.1. The number of alkyl halides is 3. The first-order chi connectivity index (χ1) is 66.3. The van der Waals surface area contributed by atoms with Gasteiger partial charge < -0.3 is 43.3 Å². The van der Waals surface area contributed by atoms with E-state index in [-0.39, 0.29) is 133 Å². The summed E-state index contributed by atoms with van der Waals surface area (Å²) < 4.78 is 230. The van der Waals surface area contributed by atoms with Gasteiger partial charge in [0.25, 0.3) is 5.92 Å². The van der Waals surface area contributed by atoms with Crippen LogP contribution in [0, 0.1) is 23.3 Å². The van der Waals surface area contributed by atoms with Crippen molar-refractivity contribution in [2.24, 2.45) is 20.0 Å². The lowest BCUT2D eigenvalue weighted by Gasteiger charge is -2.34. The van der Waals surface area contributed by atoms with E-state index in [0.717, 1.165) is 12.1 Å². The highest BCUT2D eigenvalue weighted by Crippen LogP contribution is 2.50. The summed E-state index contributed by atoms with van der Waals surface area (Å²) in [5.41, 5.74) is 4.62. The van der Waals surface area contributed by atoms with E-state index in [4.69, 9.17) is 90.1 Å². The van der Waals surface area contributed by atoms with Crippen molar-refractivity contribution >= 4 is 179 Å². The molecule has 10 aliphatic heterocycles. The molecule has 0 bridgehead atoms. The Balaban J connectivity index is 0.000000134. The van der Waals surface area contributed by atoms with Gasteiger partial charge in [-0.1, -0.05) is 70.7 Å². The molecule has 0 spiro atoms. The number of rotatable bonds is 26. The molecule has 33 nitrogen and oxygen atoms in total. The van der Waals surface area contributed by atoms with Crippen molar-refractivity contribution in [2.45, 2.75) is 137 Å². The number of benzene rings is 4. The summed E-state index contributed by atoms with van der Waals surface area (Å²) in [5.74, 6) is -5.64. The van der Waals surface area contributed by atoms with Crippen LogP contribution in [0.1, 0.15) is 139 Å². The first-order valence-corrected chi connectivity index (χ1v) is 54.6. The van der Waals surface area contributed by atoms with Crippen LogP contribution in [0.15, 0.2) is 184 Å². The Morgan fingerprint density at radius 2 is 0.763 bits per heavy atom.